The summed E-state index contributed by atoms with van der Waals surface area (Å²) in [6.45, 7) is 0.464. The quantitative estimate of drug-likeness (QED) is 0.168. The van der Waals surface area contributed by atoms with E-state index in [0.29, 0.717) is 17.9 Å². The molecule has 0 fully saturated rings. The summed E-state index contributed by atoms with van der Waals surface area (Å²) >= 11 is 3.77. The van der Waals surface area contributed by atoms with Crippen LogP contribution in [0.15, 0.2) is 95.5 Å². The molecule has 4 rings (SSSR count). The number of hydrogen-bond acceptors (Lipinski definition) is 6. The number of nitrogens with zero attached hydrogens (tertiary/aromatic N) is 1. The molecule has 4 N–H and O–H groups in total. The molecular formula is C31H28BrN3O4. The molecule has 0 spiro atoms. The van der Waals surface area contributed by atoms with Crippen LogP contribution >= 0.6 is 15.9 Å². The summed E-state index contributed by atoms with van der Waals surface area (Å²) in [7, 11) is 0. The Morgan fingerprint density at radius 1 is 0.949 bits per heavy atom. The second kappa shape index (κ2) is 13.6. The number of carboxylic acid groups (broad SMARTS) is 1. The fraction of sp³-hybridized carbons (Fsp3) is 0.161. The highest BCUT2D eigenvalue weighted by molar-refractivity contribution is 9.10. The van der Waals surface area contributed by atoms with Crippen molar-refractivity contribution in [2.75, 3.05) is 11.9 Å². The van der Waals surface area contributed by atoms with Crippen LogP contribution in [0.3, 0.4) is 0 Å². The number of carboxylic acids is 1. The lowest BCUT2D eigenvalue weighted by Gasteiger charge is -2.17. The highest BCUT2D eigenvalue weighted by Crippen LogP contribution is 2.32. The van der Waals surface area contributed by atoms with E-state index in [1.165, 1.54) is 0 Å². The first-order valence-electron chi connectivity index (χ1n) is 12.4. The lowest BCUT2D eigenvalue weighted by atomic mass is 10.0. The zero-order valence-electron chi connectivity index (χ0n) is 21.1. The van der Waals surface area contributed by atoms with E-state index in [-0.39, 0.29) is 13.2 Å². The van der Waals surface area contributed by atoms with Gasteiger partial charge < -0.3 is 20.3 Å². The molecule has 0 heterocycles. The molecule has 0 radical (unpaired) electrons. The number of nitrogens with one attached hydrogen (secondary N) is 2. The van der Waals surface area contributed by atoms with Crippen LogP contribution in [0, 0.1) is 11.3 Å². The molecule has 0 amide bonds. The summed E-state index contributed by atoms with van der Waals surface area (Å²) in [4.78, 5) is 11.3. The second-order valence-corrected chi connectivity index (χ2v) is 9.67. The van der Waals surface area contributed by atoms with Crippen molar-refractivity contribution < 1.29 is 19.7 Å². The molecule has 0 bridgehead atoms. The molecule has 8 heteroatoms. The minimum absolute atomic E-state index is 0.191. The number of nitriles is 1. The van der Waals surface area contributed by atoms with Gasteiger partial charge in [0.2, 0.25) is 0 Å². The van der Waals surface area contributed by atoms with Crippen LogP contribution in [0.4, 0.5) is 5.69 Å². The zero-order valence-corrected chi connectivity index (χ0v) is 22.7. The summed E-state index contributed by atoms with van der Waals surface area (Å²) < 4.78 is 7.15. The van der Waals surface area contributed by atoms with Crippen LogP contribution in [-0.2, 0) is 24.5 Å². The molecule has 0 aliphatic carbocycles. The minimum Gasteiger partial charge on any atom is -0.488 e. The standard InChI is InChI=1S/C31H28BrN3O4/c32-30-25(10-5-11-27(30)23-8-2-1-3-9-23)18-34-26-13-12-24(17-35-28(19-36)31(37)38)29(15-26)39-20-22-7-4-6-21(14-22)16-33/h1-15,28,34-36H,17-20H2,(H,37,38)/t28-/m1/s1. The molecule has 0 unspecified atom stereocenters. The zero-order chi connectivity index (χ0) is 27.6. The second-order valence-electron chi connectivity index (χ2n) is 8.88. The maximum Gasteiger partial charge on any atom is 0.323 e. The number of aliphatic hydroxyl groups is 1. The van der Waals surface area contributed by atoms with Crippen LogP contribution in [0.5, 0.6) is 5.75 Å². The van der Waals surface area contributed by atoms with Gasteiger partial charge in [-0.1, -0.05) is 66.7 Å². The predicted molar refractivity (Wildman–Crippen MR) is 154 cm³/mol. The van der Waals surface area contributed by atoms with E-state index in [1.54, 1.807) is 18.2 Å². The van der Waals surface area contributed by atoms with Gasteiger partial charge in [0.05, 0.1) is 18.2 Å². The van der Waals surface area contributed by atoms with Crippen molar-refractivity contribution in [2.24, 2.45) is 0 Å². The Kier molecular flexibility index (Phi) is 9.70. The molecule has 4 aromatic rings. The molecule has 0 aliphatic rings. The molecule has 7 nitrogen and oxygen atoms in total. The maximum absolute atomic E-state index is 11.3. The van der Waals surface area contributed by atoms with Gasteiger partial charge in [-0.3, -0.25) is 10.1 Å². The molecule has 198 valence electrons. The molecule has 4 aromatic carbocycles. The van der Waals surface area contributed by atoms with Gasteiger partial charge in [-0.05, 0) is 56.4 Å². The summed E-state index contributed by atoms with van der Waals surface area (Å²) in [6, 6.07) is 30.2. The fourth-order valence-corrected chi connectivity index (χ4v) is 4.69. The largest absolute Gasteiger partial charge is 0.488 e. The Hall–Kier alpha value is -4.16. The number of ether oxygens (including phenoxy) is 1. The molecule has 0 aromatic heterocycles. The van der Waals surface area contributed by atoms with Gasteiger partial charge in [0.1, 0.15) is 18.4 Å². The van der Waals surface area contributed by atoms with Gasteiger partial charge in [0.25, 0.3) is 0 Å². The van der Waals surface area contributed by atoms with Crippen molar-refractivity contribution in [1.29, 1.82) is 5.26 Å². The fourth-order valence-electron chi connectivity index (χ4n) is 4.05. The van der Waals surface area contributed by atoms with Crippen LogP contribution in [0.2, 0.25) is 0 Å². The van der Waals surface area contributed by atoms with E-state index in [1.807, 2.05) is 48.5 Å². The number of aliphatic carboxylic acids is 1. The number of carbonyl (C=O) groups is 1. The third-order valence-corrected chi connectivity index (χ3v) is 7.12. The van der Waals surface area contributed by atoms with Crippen molar-refractivity contribution in [3.05, 3.63) is 118 Å². The van der Waals surface area contributed by atoms with Gasteiger partial charge in [-0.2, -0.15) is 5.26 Å². The Labute approximate surface area is 235 Å². The lowest BCUT2D eigenvalue weighted by molar-refractivity contribution is -0.140. The average Bonchev–Trinajstić information content (AvgIpc) is 2.97. The number of hydrogen-bond donors (Lipinski definition) is 4. The van der Waals surface area contributed by atoms with Gasteiger partial charge in [-0.25, -0.2) is 0 Å². The van der Waals surface area contributed by atoms with Crippen LogP contribution in [0.25, 0.3) is 11.1 Å². The summed E-state index contributed by atoms with van der Waals surface area (Å²) in [5.41, 5.74) is 6.27. The van der Waals surface area contributed by atoms with Gasteiger partial charge in [0.15, 0.2) is 0 Å². The number of aliphatic hydroxyl groups excluding tert-OH is 1. The number of anilines is 1. The van der Waals surface area contributed by atoms with Crippen LogP contribution in [0.1, 0.15) is 22.3 Å². The van der Waals surface area contributed by atoms with Crippen molar-refractivity contribution >= 4 is 27.6 Å². The third-order valence-electron chi connectivity index (χ3n) is 6.18. The Morgan fingerprint density at radius 3 is 2.49 bits per heavy atom. The topological polar surface area (TPSA) is 115 Å². The highest BCUT2D eigenvalue weighted by Gasteiger charge is 2.17. The Morgan fingerprint density at radius 2 is 1.74 bits per heavy atom. The van der Waals surface area contributed by atoms with E-state index in [9.17, 15) is 20.3 Å². The number of benzene rings is 4. The molecule has 0 aliphatic heterocycles. The normalized spacial score (nSPS) is 11.4. The first kappa shape index (κ1) is 27.9. The van der Waals surface area contributed by atoms with Gasteiger partial charge >= 0.3 is 5.97 Å². The summed E-state index contributed by atoms with van der Waals surface area (Å²) in [6.07, 6.45) is 0. The Bertz CT molecular complexity index is 1470. The maximum atomic E-state index is 11.3. The first-order valence-corrected chi connectivity index (χ1v) is 13.2. The van der Waals surface area contributed by atoms with E-state index < -0.39 is 18.6 Å². The van der Waals surface area contributed by atoms with Crippen LogP contribution in [-0.4, -0.2) is 28.8 Å². The monoisotopic (exact) mass is 585 g/mol. The van der Waals surface area contributed by atoms with E-state index >= 15 is 0 Å². The van der Waals surface area contributed by atoms with E-state index in [4.69, 9.17) is 4.74 Å². The van der Waals surface area contributed by atoms with Crippen LogP contribution < -0.4 is 15.4 Å². The highest BCUT2D eigenvalue weighted by atomic mass is 79.9. The molecular weight excluding hydrogens is 558 g/mol. The SMILES string of the molecule is N#Cc1cccc(COc2cc(NCc3cccc(-c4ccccc4)c3Br)ccc2CN[C@H](CO)C(=O)O)c1. The van der Waals surface area contributed by atoms with Gasteiger partial charge in [0, 0.05) is 34.9 Å². The number of halogens is 1. The van der Waals surface area contributed by atoms with Crippen molar-refractivity contribution in [3.8, 4) is 22.9 Å². The molecule has 0 saturated heterocycles. The summed E-state index contributed by atoms with van der Waals surface area (Å²) in [5, 5.41) is 34.1. The minimum atomic E-state index is -1.13. The van der Waals surface area contributed by atoms with Gasteiger partial charge in [-0.15, -0.1) is 0 Å². The third kappa shape index (κ3) is 7.45. The summed E-state index contributed by atoms with van der Waals surface area (Å²) in [5.74, 6) is -0.566. The predicted octanol–water partition coefficient (Wildman–Crippen LogP) is 5.71. The average molecular weight is 586 g/mol. The molecule has 39 heavy (non-hydrogen) atoms. The van der Waals surface area contributed by atoms with E-state index in [0.717, 1.165) is 38.0 Å². The van der Waals surface area contributed by atoms with Crippen molar-refractivity contribution in [2.45, 2.75) is 25.7 Å². The van der Waals surface area contributed by atoms with E-state index in [2.05, 4.69) is 56.9 Å². The first-order chi connectivity index (χ1) is 19.0. The number of rotatable bonds is 12. The van der Waals surface area contributed by atoms with Crippen molar-refractivity contribution in [3.63, 3.8) is 0 Å². The lowest BCUT2D eigenvalue weighted by Crippen LogP contribution is -2.39. The van der Waals surface area contributed by atoms with Crippen molar-refractivity contribution in [1.82, 2.24) is 5.32 Å². The Balaban J connectivity index is 1.53. The molecule has 1 atom stereocenters. The smallest absolute Gasteiger partial charge is 0.323 e. The molecule has 0 saturated carbocycles.